The van der Waals surface area contributed by atoms with Crippen molar-refractivity contribution in [3.63, 3.8) is 0 Å². The van der Waals surface area contributed by atoms with Gasteiger partial charge >= 0.3 is 0 Å². The van der Waals surface area contributed by atoms with E-state index in [9.17, 15) is 0 Å². The van der Waals surface area contributed by atoms with Crippen molar-refractivity contribution in [1.29, 1.82) is 0 Å². The summed E-state index contributed by atoms with van der Waals surface area (Å²) in [5.41, 5.74) is 1.16. The topological polar surface area (TPSA) is 48.9 Å². The van der Waals surface area contributed by atoms with Gasteiger partial charge in [0.05, 0.1) is 18.2 Å². The zero-order valence-electron chi connectivity index (χ0n) is 16.7. The van der Waals surface area contributed by atoms with Gasteiger partial charge < -0.3 is 20.3 Å². The Balaban J connectivity index is 0.00000280. The lowest BCUT2D eigenvalue weighted by Crippen LogP contribution is -2.48. The van der Waals surface area contributed by atoms with E-state index >= 15 is 0 Å². The molecule has 1 aromatic heterocycles. The predicted octanol–water partition coefficient (Wildman–Crippen LogP) is 4.49. The Bertz CT molecular complexity index is 715. The molecule has 7 heteroatoms. The van der Waals surface area contributed by atoms with Gasteiger partial charge in [-0.3, -0.25) is 0 Å². The minimum Gasteiger partial charge on any atom is -0.494 e. The standard InChI is InChI=1S/C21H30N4OS.HI/c1-3-22-21(23-16-17-7-5-8-19(15-17)26-4-2)24-18-10-12-25(13-11-18)20-9-6-14-27-20;/h5-9,14-15,18H,3-4,10-13,16H2,1-2H3,(H2,22,23,24);1H. The van der Waals surface area contributed by atoms with Crippen LogP contribution in [0, 0.1) is 0 Å². The van der Waals surface area contributed by atoms with Gasteiger partial charge in [-0.2, -0.15) is 0 Å². The van der Waals surface area contributed by atoms with Crippen LogP contribution in [0.5, 0.6) is 5.75 Å². The van der Waals surface area contributed by atoms with Crippen LogP contribution in [0.2, 0.25) is 0 Å². The number of piperidine rings is 1. The second-order valence-electron chi connectivity index (χ2n) is 6.63. The van der Waals surface area contributed by atoms with Crippen LogP contribution < -0.4 is 20.3 Å². The van der Waals surface area contributed by atoms with Crippen molar-refractivity contribution in [2.24, 2.45) is 4.99 Å². The molecule has 0 aliphatic carbocycles. The number of rotatable bonds is 7. The van der Waals surface area contributed by atoms with Crippen LogP contribution in [0.15, 0.2) is 46.8 Å². The van der Waals surface area contributed by atoms with Gasteiger partial charge in [-0.05, 0) is 61.9 Å². The quantitative estimate of drug-likeness (QED) is 0.325. The Kier molecular flexibility index (Phi) is 9.91. The lowest BCUT2D eigenvalue weighted by atomic mass is 10.1. The Morgan fingerprint density at radius 1 is 1.21 bits per heavy atom. The number of halogens is 1. The highest BCUT2D eigenvalue weighted by molar-refractivity contribution is 14.0. The molecule has 1 aliphatic heterocycles. The second kappa shape index (κ2) is 12.2. The highest BCUT2D eigenvalue weighted by Gasteiger charge is 2.20. The fraction of sp³-hybridized carbons (Fsp3) is 0.476. The first kappa shape index (κ1) is 22.8. The number of anilines is 1. The molecule has 0 saturated carbocycles. The van der Waals surface area contributed by atoms with Crippen LogP contribution in [-0.2, 0) is 6.54 Å². The van der Waals surface area contributed by atoms with Gasteiger partial charge in [-0.25, -0.2) is 4.99 Å². The van der Waals surface area contributed by atoms with Gasteiger partial charge in [-0.1, -0.05) is 12.1 Å². The molecular weight excluding hydrogens is 483 g/mol. The van der Waals surface area contributed by atoms with E-state index in [4.69, 9.17) is 9.73 Å². The van der Waals surface area contributed by atoms with Crippen molar-refractivity contribution in [2.75, 3.05) is 31.1 Å². The minimum absolute atomic E-state index is 0. The largest absolute Gasteiger partial charge is 0.494 e. The van der Waals surface area contributed by atoms with Crippen LogP contribution >= 0.6 is 35.3 Å². The van der Waals surface area contributed by atoms with Crippen molar-refractivity contribution in [2.45, 2.75) is 39.3 Å². The van der Waals surface area contributed by atoms with Gasteiger partial charge in [0.25, 0.3) is 0 Å². The first-order chi connectivity index (χ1) is 13.3. The van der Waals surface area contributed by atoms with Crippen molar-refractivity contribution >= 4 is 46.3 Å². The molecule has 0 bridgehead atoms. The van der Waals surface area contributed by atoms with Crippen LogP contribution in [0.4, 0.5) is 5.00 Å². The molecule has 2 heterocycles. The van der Waals surface area contributed by atoms with Crippen LogP contribution in [0.1, 0.15) is 32.3 Å². The molecule has 3 rings (SSSR count). The monoisotopic (exact) mass is 514 g/mol. The lowest BCUT2D eigenvalue weighted by Gasteiger charge is -2.33. The van der Waals surface area contributed by atoms with E-state index < -0.39 is 0 Å². The summed E-state index contributed by atoms with van der Waals surface area (Å²) in [4.78, 5) is 7.25. The zero-order valence-corrected chi connectivity index (χ0v) is 19.8. The molecule has 0 atom stereocenters. The van der Waals surface area contributed by atoms with Crippen LogP contribution in [-0.4, -0.2) is 38.2 Å². The number of hydrogen-bond acceptors (Lipinski definition) is 4. The Morgan fingerprint density at radius 3 is 2.71 bits per heavy atom. The normalized spacial score (nSPS) is 15.1. The highest BCUT2D eigenvalue weighted by atomic mass is 127. The molecule has 1 aromatic carbocycles. The number of aliphatic imine (C=N–C) groups is 1. The van der Waals surface area contributed by atoms with E-state index in [1.54, 1.807) is 0 Å². The molecular formula is C21H31IN4OS. The lowest BCUT2D eigenvalue weighted by molar-refractivity contribution is 0.340. The summed E-state index contributed by atoms with van der Waals surface area (Å²) >= 11 is 1.82. The molecule has 5 nitrogen and oxygen atoms in total. The number of nitrogens with one attached hydrogen (secondary N) is 2. The van der Waals surface area contributed by atoms with E-state index in [2.05, 4.69) is 52.1 Å². The molecule has 1 aliphatic rings. The average molecular weight is 514 g/mol. The predicted molar refractivity (Wildman–Crippen MR) is 131 cm³/mol. The van der Waals surface area contributed by atoms with E-state index in [-0.39, 0.29) is 24.0 Å². The maximum Gasteiger partial charge on any atom is 0.191 e. The molecule has 2 N–H and O–H groups in total. The van der Waals surface area contributed by atoms with Gasteiger partial charge in [-0.15, -0.1) is 35.3 Å². The number of thiophene rings is 1. The fourth-order valence-corrected chi connectivity index (χ4v) is 4.06. The Labute approximate surface area is 189 Å². The third kappa shape index (κ3) is 6.84. The first-order valence-corrected chi connectivity index (χ1v) is 10.7. The van der Waals surface area contributed by atoms with Crippen LogP contribution in [0.3, 0.4) is 0 Å². The molecule has 0 unspecified atom stereocenters. The van der Waals surface area contributed by atoms with Crippen molar-refractivity contribution in [1.82, 2.24) is 10.6 Å². The Morgan fingerprint density at radius 2 is 2.04 bits per heavy atom. The van der Waals surface area contributed by atoms with Crippen molar-refractivity contribution in [3.8, 4) is 5.75 Å². The Hall–Kier alpha value is -1.48. The molecule has 0 radical (unpaired) electrons. The summed E-state index contributed by atoms with van der Waals surface area (Å²) in [7, 11) is 0. The number of hydrogen-bond donors (Lipinski definition) is 2. The molecule has 0 spiro atoms. The summed E-state index contributed by atoms with van der Waals surface area (Å²) in [5, 5.41) is 10.5. The summed E-state index contributed by atoms with van der Waals surface area (Å²) in [6.07, 6.45) is 2.25. The van der Waals surface area contributed by atoms with Gasteiger partial charge in [0, 0.05) is 25.7 Å². The third-order valence-corrected chi connectivity index (χ3v) is 5.56. The van der Waals surface area contributed by atoms with Crippen molar-refractivity contribution in [3.05, 3.63) is 47.3 Å². The van der Waals surface area contributed by atoms with E-state index in [1.807, 2.05) is 30.4 Å². The van der Waals surface area contributed by atoms with Gasteiger partial charge in [0.15, 0.2) is 5.96 Å². The summed E-state index contributed by atoms with van der Waals surface area (Å²) in [5.74, 6) is 1.80. The third-order valence-electron chi connectivity index (χ3n) is 4.63. The molecule has 2 aromatic rings. The molecule has 154 valence electrons. The first-order valence-electron chi connectivity index (χ1n) is 9.83. The number of benzene rings is 1. The minimum atomic E-state index is 0. The van der Waals surface area contributed by atoms with E-state index in [0.717, 1.165) is 49.7 Å². The second-order valence-corrected chi connectivity index (χ2v) is 7.56. The molecule has 28 heavy (non-hydrogen) atoms. The summed E-state index contributed by atoms with van der Waals surface area (Å²) in [6, 6.07) is 13.0. The van der Waals surface area contributed by atoms with Gasteiger partial charge in [0.1, 0.15) is 5.75 Å². The molecule has 1 saturated heterocycles. The van der Waals surface area contributed by atoms with Gasteiger partial charge in [0.2, 0.25) is 0 Å². The zero-order chi connectivity index (χ0) is 18.9. The number of nitrogens with zero attached hydrogens (tertiary/aromatic N) is 2. The number of ether oxygens (including phenoxy) is 1. The van der Waals surface area contributed by atoms with Crippen LogP contribution in [0.25, 0.3) is 0 Å². The summed E-state index contributed by atoms with van der Waals surface area (Å²) in [6.45, 7) is 8.47. The van der Waals surface area contributed by atoms with E-state index in [0.29, 0.717) is 19.2 Å². The van der Waals surface area contributed by atoms with E-state index in [1.165, 1.54) is 5.00 Å². The number of guanidine groups is 1. The molecule has 1 fully saturated rings. The summed E-state index contributed by atoms with van der Waals surface area (Å²) < 4.78 is 5.58. The van der Waals surface area contributed by atoms with Crippen molar-refractivity contribution < 1.29 is 4.74 Å². The maximum atomic E-state index is 5.58. The maximum absolute atomic E-state index is 5.58. The average Bonchev–Trinajstić information content (AvgIpc) is 3.22. The highest BCUT2D eigenvalue weighted by Crippen LogP contribution is 2.24. The smallest absolute Gasteiger partial charge is 0.191 e. The SMILES string of the molecule is CCNC(=NCc1cccc(OCC)c1)NC1CCN(c2cccs2)CC1.I. The molecule has 0 amide bonds. The fourth-order valence-electron chi connectivity index (χ4n) is 3.28.